The first-order valence-electron chi connectivity index (χ1n) is 6.49. The molecular formula is C14H16N2O3. The molecule has 19 heavy (non-hydrogen) atoms. The molecule has 2 aromatic rings. The zero-order chi connectivity index (χ0) is 13.4. The van der Waals surface area contributed by atoms with Gasteiger partial charge in [0.2, 0.25) is 0 Å². The molecule has 0 spiro atoms. The summed E-state index contributed by atoms with van der Waals surface area (Å²) in [7, 11) is 0. The molecule has 0 amide bonds. The Hall–Kier alpha value is -1.88. The van der Waals surface area contributed by atoms with Gasteiger partial charge in [-0.1, -0.05) is 6.07 Å². The lowest BCUT2D eigenvalue weighted by Gasteiger charge is -2.21. The molecule has 1 fully saturated rings. The van der Waals surface area contributed by atoms with Gasteiger partial charge < -0.3 is 14.4 Å². The number of aromatic nitrogens is 2. The first-order chi connectivity index (χ1) is 9.18. The van der Waals surface area contributed by atoms with Crippen molar-refractivity contribution in [1.29, 1.82) is 0 Å². The average Bonchev–Trinajstić information content (AvgIpc) is 3.06. The Morgan fingerprint density at radius 1 is 1.58 bits per heavy atom. The van der Waals surface area contributed by atoms with Gasteiger partial charge in [-0.3, -0.25) is 0 Å². The van der Waals surface area contributed by atoms with Gasteiger partial charge in [-0.05, 0) is 31.9 Å². The Balaban J connectivity index is 2.10. The molecule has 100 valence electrons. The van der Waals surface area contributed by atoms with E-state index in [1.807, 2.05) is 10.6 Å². The molecule has 0 aliphatic carbocycles. The number of para-hydroxylation sites is 1. The monoisotopic (exact) mass is 260 g/mol. The topological polar surface area (TPSA) is 64.4 Å². The summed E-state index contributed by atoms with van der Waals surface area (Å²) in [6.45, 7) is 2.84. The summed E-state index contributed by atoms with van der Waals surface area (Å²) in [5.74, 6) is -0.924. The normalized spacial score (nSPS) is 20.8. The molecule has 1 saturated heterocycles. The van der Waals surface area contributed by atoms with Crippen molar-refractivity contribution in [2.45, 2.75) is 31.9 Å². The molecule has 1 aliphatic rings. The van der Waals surface area contributed by atoms with Crippen LogP contribution in [0.1, 0.15) is 36.2 Å². The number of carbonyl (C=O) groups is 1. The van der Waals surface area contributed by atoms with Crippen molar-refractivity contribution in [3.8, 4) is 0 Å². The Morgan fingerprint density at radius 3 is 3.11 bits per heavy atom. The zero-order valence-electron chi connectivity index (χ0n) is 10.7. The number of aromatic carboxylic acids is 1. The van der Waals surface area contributed by atoms with Gasteiger partial charge >= 0.3 is 5.97 Å². The zero-order valence-corrected chi connectivity index (χ0v) is 10.7. The van der Waals surface area contributed by atoms with Crippen molar-refractivity contribution in [1.82, 2.24) is 9.55 Å². The maximum Gasteiger partial charge on any atom is 0.337 e. The molecule has 0 radical (unpaired) electrons. The maximum absolute atomic E-state index is 11.3. The van der Waals surface area contributed by atoms with Gasteiger partial charge in [0.05, 0.1) is 35.1 Å². The largest absolute Gasteiger partial charge is 0.478 e. The van der Waals surface area contributed by atoms with Gasteiger partial charge in [-0.2, -0.15) is 0 Å². The van der Waals surface area contributed by atoms with Gasteiger partial charge in [0.25, 0.3) is 0 Å². The molecule has 0 bridgehead atoms. The summed E-state index contributed by atoms with van der Waals surface area (Å²) in [5, 5.41) is 9.30. The van der Waals surface area contributed by atoms with Crippen molar-refractivity contribution in [3.05, 3.63) is 30.1 Å². The maximum atomic E-state index is 11.3. The number of hydrogen-bond acceptors (Lipinski definition) is 3. The number of benzene rings is 1. The standard InChI is InChI=1S/C14H16N2O3/c1-9(12-6-3-7-19-12)16-8-15-11-5-2-4-10(13(11)16)14(17)18/h2,4-5,8-9,12H,3,6-7H2,1H3,(H,17,18). The third-order valence-corrected chi connectivity index (χ3v) is 3.77. The number of carboxylic acids is 1. The van der Waals surface area contributed by atoms with Gasteiger partial charge in [-0.25, -0.2) is 9.78 Å². The third-order valence-electron chi connectivity index (χ3n) is 3.77. The van der Waals surface area contributed by atoms with Crippen LogP contribution in [-0.2, 0) is 4.74 Å². The molecule has 2 unspecified atom stereocenters. The average molecular weight is 260 g/mol. The Labute approximate surface area is 110 Å². The lowest BCUT2D eigenvalue weighted by Crippen LogP contribution is -2.21. The van der Waals surface area contributed by atoms with Crippen LogP contribution in [0.3, 0.4) is 0 Å². The predicted molar refractivity (Wildman–Crippen MR) is 70.4 cm³/mol. The van der Waals surface area contributed by atoms with Crippen molar-refractivity contribution in [2.75, 3.05) is 6.61 Å². The number of hydrogen-bond donors (Lipinski definition) is 1. The number of carboxylic acid groups (broad SMARTS) is 1. The number of fused-ring (bicyclic) bond motifs is 1. The lowest BCUT2D eigenvalue weighted by molar-refractivity contribution is 0.0691. The van der Waals surface area contributed by atoms with E-state index in [4.69, 9.17) is 4.74 Å². The van der Waals surface area contributed by atoms with E-state index in [1.165, 1.54) is 0 Å². The second kappa shape index (κ2) is 4.66. The van der Waals surface area contributed by atoms with E-state index in [0.29, 0.717) is 16.6 Å². The molecule has 5 nitrogen and oxygen atoms in total. The van der Waals surface area contributed by atoms with Gasteiger partial charge in [0.1, 0.15) is 0 Å². The van der Waals surface area contributed by atoms with E-state index in [2.05, 4.69) is 11.9 Å². The highest BCUT2D eigenvalue weighted by molar-refractivity contribution is 6.01. The van der Waals surface area contributed by atoms with Gasteiger partial charge in [0, 0.05) is 6.61 Å². The molecule has 1 aromatic heterocycles. The molecule has 2 heterocycles. The smallest absolute Gasteiger partial charge is 0.337 e. The minimum Gasteiger partial charge on any atom is -0.478 e. The summed E-state index contributed by atoms with van der Waals surface area (Å²) in [6, 6.07) is 5.26. The number of nitrogens with zero attached hydrogens (tertiary/aromatic N) is 2. The fourth-order valence-electron chi connectivity index (χ4n) is 2.73. The van der Waals surface area contributed by atoms with Crippen molar-refractivity contribution in [2.24, 2.45) is 0 Å². The predicted octanol–water partition coefficient (Wildman–Crippen LogP) is 2.47. The van der Waals surface area contributed by atoms with E-state index in [1.54, 1.807) is 18.5 Å². The molecule has 2 atom stereocenters. The summed E-state index contributed by atoms with van der Waals surface area (Å²) >= 11 is 0. The molecule has 0 saturated carbocycles. The second-order valence-electron chi connectivity index (χ2n) is 4.92. The lowest BCUT2D eigenvalue weighted by atomic mass is 10.1. The van der Waals surface area contributed by atoms with Crippen LogP contribution in [0, 0.1) is 0 Å². The quantitative estimate of drug-likeness (QED) is 0.920. The van der Waals surface area contributed by atoms with Crippen LogP contribution >= 0.6 is 0 Å². The first-order valence-corrected chi connectivity index (χ1v) is 6.49. The van der Waals surface area contributed by atoms with Crippen LogP contribution < -0.4 is 0 Å². The first kappa shape index (κ1) is 12.2. The van der Waals surface area contributed by atoms with Crippen LogP contribution in [0.2, 0.25) is 0 Å². The van der Waals surface area contributed by atoms with E-state index in [9.17, 15) is 9.90 Å². The van der Waals surface area contributed by atoms with E-state index in [-0.39, 0.29) is 12.1 Å². The van der Waals surface area contributed by atoms with Crippen molar-refractivity contribution >= 4 is 17.0 Å². The Kier molecular flexibility index (Phi) is 2.98. The van der Waals surface area contributed by atoms with Gasteiger partial charge in [0.15, 0.2) is 0 Å². The van der Waals surface area contributed by atoms with Crippen LogP contribution in [0.25, 0.3) is 11.0 Å². The molecule has 1 N–H and O–H groups in total. The highest BCUT2D eigenvalue weighted by Gasteiger charge is 2.26. The number of ether oxygens (including phenoxy) is 1. The highest BCUT2D eigenvalue weighted by atomic mass is 16.5. The van der Waals surface area contributed by atoms with Gasteiger partial charge in [-0.15, -0.1) is 0 Å². The minimum absolute atomic E-state index is 0.0907. The SMILES string of the molecule is CC(C1CCCO1)n1cnc2cccc(C(=O)O)c21. The van der Waals surface area contributed by atoms with Crippen molar-refractivity contribution < 1.29 is 14.6 Å². The van der Waals surface area contributed by atoms with Crippen LogP contribution in [0.15, 0.2) is 24.5 Å². The summed E-state index contributed by atoms with van der Waals surface area (Å²) in [4.78, 5) is 15.6. The number of rotatable bonds is 3. The minimum atomic E-state index is -0.924. The fraction of sp³-hybridized carbons (Fsp3) is 0.429. The molecule has 5 heteroatoms. The summed E-state index contributed by atoms with van der Waals surface area (Å²) < 4.78 is 7.62. The highest BCUT2D eigenvalue weighted by Crippen LogP contribution is 2.28. The molecule has 1 aromatic carbocycles. The molecular weight excluding hydrogens is 244 g/mol. The Bertz CT molecular complexity index is 614. The van der Waals surface area contributed by atoms with E-state index in [0.717, 1.165) is 19.4 Å². The van der Waals surface area contributed by atoms with Crippen molar-refractivity contribution in [3.63, 3.8) is 0 Å². The van der Waals surface area contributed by atoms with E-state index < -0.39 is 5.97 Å². The summed E-state index contributed by atoms with van der Waals surface area (Å²) in [5.41, 5.74) is 1.68. The third kappa shape index (κ3) is 2.00. The summed E-state index contributed by atoms with van der Waals surface area (Å²) in [6.07, 6.45) is 3.92. The van der Waals surface area contributed by atoms with Crippen LogP contribution in [0.4, 0.5) is 0 Å². The van der Waals surface area contributed by atoms with Crippen LogP contribution in [-0.4, -0.2) is 33.3 Å². The molecule has 1 aliphatic heterocycles. The second-order valence-corrected chi connectivity index (χ2v) is 4.92. The fourth-order valence-corrected chi connectivity index (χ4v) is 2.73. The number of imidazole rings is 1. The molecule has 3 rings (SSSR count). The van der Waals surface area contributed by atoms with Crippen LogP contribution in [0.5, 0.6) is 0 Å². The Morgan fingerprint density at radius 2 is 2.42 bits per heavy atom. The van der Waals surface area contributed by atoms with E-state index >= 15 is 0 Å².